The molecule has 2 aliphatic rings. The maximum absolute atomic E-state index is 12.9. The highest BCUT2D eigenvalue weighted by atomic mass is 79.9. The molecule has 2 heterocycles. The summed E-state index contributed by atoms with van der Waals surface area (Å²) >= 11 is 3.53. The summed E-state index contributed by atoms with van der Waals surface area (Å²) in [6.45, 7) is 4.40. The van der Waals surface area contributed by atoms with E-state index in [1.165, 1.54) is 18.4 Å². The molecule has 3 nitrogen and oxygen atoms in total. The average Bonchev–Trinajstić information content (AvgIpc) is 2.85. The molecule has 0 spiro atoms. The summed E-state index contributed by atoms with van der Waals surface area (Å²) in [7, 11) is 0. The first-order valence-electron chi connectivity index (χ1n) is 9.30. The molecule has 3 unspecified atom stereocenters. The summed E-state index contributed by atoms with van der Waals surface area (Å²) in [5, 5.41) is 7.01. The first-order valence-corrected chi connectivity index (χ1v) is 10.1. The van der Waals surface area contributed by atoms with E-state index in [9.17, 15) is 4.79 Å². The smallest absolute Gasteiger partial charge is 0.223 e. The van der Waals surface area contributed by atoms with Crippen molar-refractivity contribution in [3.05, 3.63) is 34.3 Å². The third kappa shape index (κ3) is 5.97. The van der Waals surface area contributed by atoms with Crippen molar-refractivity contribution in [1.82, 2.24) is 10.6 Å². The highest BCUT2D eigenvalue weighted by Crippen LogP contribution is 2.27. The van der Waals surface area contributed by atoms with E-state index in [4.69, 9.17) is 0 Å². The molecule has 0 aromatic heterocycles. The number of hydrogen-bond acceptors (Lipinski definition) is 2. The third-order valence-electron chi connectivity index (χ3n) is 5.32. The van der Waals surface area contributed by atoms with Crippen molar-refractivity contribution < 1.29 is 4.79 Å². The van der Waals surface area contributed by atoms with E-state index < -0.39 is 0 Å². The van der Waals surface area contributed by atoms with Gasteiger partial charge in [-0.3, -0.25) is 4.79 Å². The Labute approximate surface area is 166 Å². The Bertz CT molecular complexity index is 569. The molecule has 25 heavy (non-hydrogen) atoms. The minimum atomic E-state index is 0. The molecule has 0 radical (unpaired) electrons. The lowest BCUT2D eigenvalue weighted by Gasteiger charge is -2.31. The molecule has 3 rings (SSSR count). The number of carbonyl (C=O) groups is 1. The molecule has 2 N–H and O–H groups in total. The van der Waals surface area contributed by atoms with Crippen molar-refractivity contribution in [3.63, 3.8) is 0 Å². The molecule has 0 aliphatic carbocycles. The molecule has 1 amide bonds. The third-order valence-corrected chi connectivity index (χ3v) is 5.81. The quantitative estimate of drug-likeness (QED) is 0.700. The summed E-state index contributed by atoms with van der Waals surface area (Å²) in [6.07, 6.45) is 6.48. The summed E-state index contributed by atoms with van der Waals surface area (Å²) < 4.78 is 1.08. The molecule has 2 saturated heterocycles. The van der Waals surface area contributed by atoms with E-state index in [-0.39, 0.29) is 24.2 Å². The van der Waals surface area contributed by atoms with Crippen LogP contribution in [-0.4, -0.2) is 24.0 Å². The minimum absolute atomic E-state index is 0. The molecule has 0 saturated carbocycles. The molecule has 1 aromatic rings. The van der Waals surface area contributed by atoms with Crippen LogP contribution in [0.2, 0.25) is 0 Å². The Hall–Kier alpha value is -0.580. The number of halogens is 2. The van der Waals surface area contributed by atoms with Gasteiger partial charge in [-0.05, 0) is 62.1 Å². The van der Waals surface area contributed by atoms with Gasteiger partial charge in [0.2, 0.25) is 5.91 Å². The summed E-state index contributed by atoms with van der Waals surface area (Å²) in [6, 6.07) is 9.92. The zero-order valence-corrected chi connectivity index (χ0v) is 17.5. The number of benzene rings is 1. The predicted molar refractivity (Wildman–Crippen MR) is 109 cm³/mol. The highest BCUT2D eigenvalue weighted by molar-refractivity contribution is 9.10. The van der Waals surface area contributed by atoms with Crippen LogP contribution < -0.4 is 10.6 Å². The Kier molecular flexibility index (Phi) is 7.78. The zero-order chi connectivity index (χ0) is 17.1. The van der Waals surface area contributed by atoms with Gasteiger partial charge in [-0.15, -0.1) is 12.4 Å². The van der Waals surface area contributed by atoms with Gasteiger partial charge in [0, 0.05) is 28.5 Å². The second-order valence-corrected chi connectivity index (χ2v) is 8.89. The molecule has 5 heteroatoms. The van der Waals surface area contributed by atoms with Crippen molar-refractivity contribution in [2.75, 3.05) is 0 Å². The van der Waals surface area contributed by atoms with Crippen LogP contribution >= 0.6 is 28.3 Å². The van der Waals surface area contributed by atoms with Gasteiger partial charge in [-0.2, -0.15) is 0 Å². The van der Waals surface area contributed by atoms with Crippen molar-refractivity contribution in [2.45, 2.75) is 70.5 Å². The molecular weight excluding hydrogens is 400 g/mol. The van der Waals surface area contributed by atoms with E-state index in [0.29, 0.717) is 24.0 Å². The number of hydrogen-bond donors (Lipinski definition) is 2. The van der Waals surface area contributed by atoms with E-state index in [0.717, 1.165) is 30.2 Å². The lowest BCUT2D eigenvalue weighted by atomic mass is 9.89. The van der Waals surface area contributed by atoms with E-state index >= 15 is 0 Å². The van der Waals surface area contributed by atoms with E-state index in [1.54, 1.807) is 0 Å². The SMILES string of the molecule is CC(C)CC(Cc1cccc(Br)c1)C(=O)NC1CC2CCC(C1)N2.Cl. The summed E-state index contributed by atoms with van der Waals surface area (Å²) in [5.74, 6) is 0.832. The average molecular weight is 430 g/mol. The normalized spacial score (nSPS) is 26.2. The van der Waals surface area contributed by atoms with Gasteiger partial charge >= 0.3 is 0 Å². The Morgan fingerprint density at radius 3 is 2.56 bits per heavy atom. The fourth-order valence-electron chi connectivity index (χ4n) is 4.29. The molecular formula is C20H30BrClN2O. The van der Waals surface area contributed by atoms with Crippen molar-refractivity contribution in [1.29, 1.82) is 0 Å². The van der Waals surface area contributed by atoms with Gasteiger partial charge < -0.3 is 10.6 Å². The van der Waals surface area contributed by atoms with Gasteiger partial charge in [0.25, 0.3) is 0 Å². The Morgan fingerprint density at radius 1 is 1.28 bits per heavy atom. The first kappa shape index (κ1) is 20.7. The number of nitrogens with one attached hydrogen (secondary N) is 2. The topological polar surface area (TPSA) is 41.1 Å². The first-order chi connectivity index (χ1) is 11.5. The van der Waals surface area contributed by atoms with Crippen LogP contribution in [0, 0.1) is 11.8 Å². The van der Waals surface area contributed by atoms with Gasteiger partial charge in [-0.1, -0.05) is 41.9 Å². The van der Waals surface area contributed by atoms with Crippen molar-refractivity contribution >= 4 is 34.2 Å². The van der Waals surface area contributed by atoms with Gasteiger partial charge in [0.15, 0.2) is 0 Å². The molecule has 140 valence electrons. The van der Waals surface area contributed by atoms with Crippen LogP contribution in [0.4, 0.5) is 0 Å². The maximum Gasteiger partial charge on any atom is 0.223 e. The Morgan fingerprint density at radius 2 is 1.96 bits per heavy atom. The van der Waals surface area contributed by atoms with Crippen LogP contribution in [0.3, 0.4) is 0 Å². The second kappa shape index (κ2) is 9.38. The number of carbonyl (C=O) groups excluding carboxylic acids is 1. The second-order valence-electron chi connectivity index (χ2n) is 7.98. The maximum atomic E-state index is 12.9. The van der Waals surface area contributed by atoms with Crippen LogP contribution in [0.25, 0.3) is 0 Å². The molecule has 2 bridgehead atoms. The lowest BCUT2D eigenvalue weighted by molar-refractivity contribution is -0.126. The lowest BCUT2D eigenvalue weighted by Crippen LogP contribution is -2.49. The Balaban J connectivity index is 0.00000225. The van der Waals surface area contributed by atoms with E-state index in [2.05, 4.69) is 52.5 Å². The zero-order valence-electron chi connectivity index (χ0n) is 15.1. The van der Waals surface area contributed by atoms with Crippen molar-refractivity contribution in [2.24, 2.45) is 11.8 Å². The molecule has 3 atom stereocenters. The fraction of sp³-hybridized carbons (Fsp3) is 0.650. The number of fused-ring (bicyclic) bond motifs is 2. The summed E-state index contributed by atoms with van der Waals surface area (Å²) in [4.78, 5) is 12.9. The predicted octanol–water partition coefficient (Wildman–Crippen LogP) is 4.47. The van der Waals surface area contributed by atoms with Crippen LogP contribution in [0.15, 0.2) is 28.7 Å². The van der Waals surface area contributed by atoms with Gasteiger partial charge in [0.1, 0.15) is 0 Å². The molecule has 1 aromatic carbocycles. The molecule has 2 aliphatic heterocycles. The fourth-order valence-corrected chi connectivity index (χ4v) is 4.74. The van der Waals surface area contributed by atoms with Crippen LogP contribution in [0.1, 0.15) is 51.5 Å². The number of amides is 1. The molecule has 2 fully saturated rings. The van der Waals surface area contributed by atoms with Crippen LogP contribution in [0.5, 0.6) is 0 Å². The monoisotopic (exact) mass is 428 g/mol. The number of rotatable bonds is 6. The minimum Gasteiger partial charge on any atom is -0.353 e. The standard InChI is InChI=1S/C20H29BrN2O.ClH/c1-13(2)8-15(9-14-4-3-5-16(21)10-14)20(24)23-19-11-17-6-7-18(12-19)22-17;/h3-5,10,13,15,17-19,22H,6-9,11-12H2,1-2H3,(H,23,24);1H. The largest absolute Gasteiger partial charge is 0.353 e. The van der Waals surface area contributed by atoms with Crippen molar-refractivity contribution in [3.8, 4) is 0 Å². The van der Waals surface area contributed by atoms with Gasteiger partial charge in [-0.25, -0.2) is 0 Å². The highest BCUT2D eigenvalue weighted by Gasteiger charge is 2.34. The number of piperidine rings is 1. The van der Waals surface area contributed by atoms with E-state index in [1.807, 2.05) is 12.1 Å². The summed E-state index contributed by atoms with van der Waals surface area (Å²) in [5.41, 5.74) is 1.23. The van der Waals surface area contributed by atoms with Crippen LogP contribution in [-0.2, 0) is 11.2 Å². The van der Waals surface area contributed by atoms with Gasteiger partial charge in [0.05, 0.1) is 0 Å².